The molecule has 1 saturated heterocycles. The van der Waals surface area contributed by atoms with Crippen LogP contribution in [0.3, 0.4) is 0 Å². The summed E-state index contributed by atoms with van der Waals surface area (Å²) in [5.41, 5.74) is 1.08. The maximum atomic E-state index is 13.1. The molecule has 0 radical (unpaired) electrons. The molecule has 0 atom stereocenters. The van der Waals surface area contributed by atoms with Crippen molar-refractivity contribution >= 4 is 28.3 Å². The first-order valence-electron chi connectivity index (χ1n) is 12.1. The van der Waals surface area contributed by atoms with Crippen LogP contribution >= 0.6 is 0 Å². The van der Waals surface area contributed by atoms with E-state index in [9.17, 15) is 18.8 Å². The molecule has 1 aliphatic heterocycles. The molecular weight excluding hydrogens is 465 g/mol. The number of piperazine rings is 1. The predicted octanol–water partition coefficient (Wildman–Crippen LogP) is 1.93. The standard InChI is InChI=1S/C26H30FN5O4/c1-2-36-25(34)17-23-21-5-3-4-6-22(21)26(35)32(29-23)18-28-24(33)11-12-30-13-15-31(16-14-30)20-9-7-19(27)8-10-20/h3-10H,2,11-18H2,1H3,(H,28,33). The number of fused-ring (bicyclic) bond motifs is 1. The highest BCUT2D eigenvalue weighted by Gasteiger charge is 2.18. The third-order valence-corrected chi connectivity index (χ3v) is 6.21. The molecule has 36 heavy (non-hydrogen) atoms. The van der Waals surface area contributed by atoms with E-state index in [0.29, 0.717) is 23.0 Å². The first-order valence-corrected chi connectivity index (χ1v) is 12.1. The van der Waals surface area contributed by atoms with Crippen molar-refractivity contribution in [2.45, 2.75) is 26.4 Å². The van der Waals surface area contributed by atoms with Crippen LogP contribution in [0.5, 0.6) is 0 Å². The van der Waals surface area contributed by atoms with Gasteiger partial charge >= 0.3 is 5.97 Å². The fourth-order valence-corrected chi connectivity index (χ4v) is 4.28. The average Bonchev–Trinajstić information content (AvgIpc) is 2.89. The van der Waals surface area contributed by atoms with Crippen molar-refractivity contribution in [3.8, 4) is 0 Å². The van der Waals surface area contributed by atoms with Gasteiger partial charge in [0.25, 0.3) is 5.56 Å². The summed E-state index contributed by atoms with van der Waals surface area (Å²) in [6.45, 7) is 5.69. The van der Waals surface area contributed by atoms with E-state index in [2.05, 4.69) is 20.2 Å². The number of ether oxygens (including phenoxy) is 1. The second-order valence-electron chi connectivity index (χ2n) is 8.59. The smallest absolute Gasteiger partial charge is 0.311 e. The van der Waals surface area contributed by atoms with Gasteiger partial charge in [-0.25, -0.2) is 9.07 Å². The third-order valence-electron chi connectivity index (χ3n) is 6.21. The zero-order valence-corrected chi connectivity index (χ0v) is 20.3. The SMILES string of the molecule is CCOC(=O)Cc1nn(CNC(=O)CCN2CCN(c3ccc(F)cc3)CC2)c(=O)c2ccccc12. The van der Waals surface area contributed by atoms with E-state index in [0.717, 1.165) is 31.9 Å². The number of benzene rings is 2. The predicted molar refractivity (Wildman–Crippen MR) is 134 cm³/mol. The van der Waals surface area contributed by atoms with Gasteiger partial charge < -0.3 is 15.0 Å². The highest BCUT2D eigenvalue weighted by atomic mass is 19.1. The minimum absolute atomic E-state index is 0.0630. The molecule has 0 saturated carbocycles. The average molecular weight is 496 g/mol. The van der Waals surface area contributed by atoms with E-state index in [1.54, 1.807) is 43.3 Å². The third kappa shape index (κ3) is 6.25. The Balaban J connectivity index is 1.31. The summed E-state index contributed by atoms with van der Waals surface area (Å²) in [5.74, 6) is -0.867. The zero-order chi connectivity index (χ0) is 25.5. The maximum absolute atomic E-state index is 13.1. The minimum atomic E-state index is -0.427. The fourth-order valence-electron chi connectivity index (χ4n) is 4.28. The normalized spacial score (nSPS) is 14.1. The van der Waals surface area contributed by atoms with Gasteiger partial charge in [-0.1, -0.05) is 18.2 Å². The lowest BCUT2D eigenvalue weighted by atomic mass is 10.1. The van der Waals surface area contributed by atoms with E-state index in [1.165, 1.54) is 16.8 Å². The van der Waals surface area contributed by atoms with Gasteiger partial charge in [0.15, 0.2) is 0 Å². The first-order chi connectivity index (χ1) is 17.4. The summed E-state index contributed by atoms with van der Waals surface area (Å²) in [5, 5.41) is 8.12. The van der Waals surface area contributed by atoms with Crippen molar-refractivity contribution in [3.05, 3.63) is 70.4 Å². The molecule has 0 unspecified atom stereocenters. The van der Waals surface area contributed by atoms with Gasteiger partial charge in [0.1, 0.15) is 12.5 Å². The van der Waals surface area contributed by atoms with Crippen molar-refractivity contribution in [2.75, 3.05) is 44.2 Å². The topological polar surface area (TPSA) is 96.8 Å². The van der Waals surface area contributed by atoms with Crippen LogP contribution in [0.2, 0.25) is 0 Å². The number of nitrogens with one attached hydrogen (secondary N) is 1. The van der Waals surface area contributed by atoms with Crippen LogP contribution in [-0.2, 0) is 27.4 Å². The fraction of sp³-hybridized carbons (Fsp3) is 0.385. The van der Waals surface area contributed by atoms with Gasteiger partial charge in [0.2, 0.25) is 5.91 Å². The molecule has 1 aromatic heterocycles. The van der Waals surface area contributed by atoms with Gasteiger partial charge in [-0.2, -0.15) is 5.10 Å². The van der Waals surface area contributed by atoms with Gasteiger partial charge in [0, 0.05) is 50.2 Å². The number of carbonyl (C=O) groups excluding carboxylic acids is 2. The molecule has 1 amide bonds. The Bertz CT molecular complexity index is 1270. The number of nitrogens with zero attached hydrogens (tertiary/aromatic N) is 4. The van der Waals surface area contributed by atoms with Crippen molar-refractivity contribution in [1.29, 1.82) is 0 Å². The number of anilines is 1. The monoisotopic (exact) mass is 495 g/mol. The molecule has 9 nitrogen and oxygen atoms in total. The molecule has 0 spiro atoms. The number of rotatable bonds is 9. The number of halogens is 1. The number of aromatic nitrogens is 2. The highest BCUT2D eigenvalue weighted by molar-refractivity contribution is 5.87. The second-order valence-corrected chi connectivity index (χ2v) is 8.59. The zero-order valence-electron chi connectivity index (χ0n) is 20.3. The van der Waals surface area contributed by atoms with Gasteiger partial charge in [-0.15, -0.1) is 0 Å². The number of amides is 1. The Hall–Kier alpha value is -3.79. The summed E-state index contributed by atoms with van der Waals surface area (Å²) in [6, 6.07) is 13.4. The number of carbonyl (C=O) groups is 2. The minimum Gasteiger partial charge on any atom is -0.466 e. The lowest BCUT2D eigenvalue weighted by Crippen LogP contribution is -2.47. The van der Waals surface area contributed by atoms with Crippen molar-refractivity contribution < 1.29 is 18.7 Å². The summed E-state index contributed by atoms with van der Waals surface area (Å²) < 4.78 is 19.4. The van der Waals surface area contributed by atoms with Gasteiger partial charge in [0.05, 0.1) is 24.1 Å². The Morgan fingerprint density at radius 1 is 1.03 bits per heavy atom. The molecule has 0 bridgehead atoms. The van der Waals surface area contributed by atoms with E-state index in [4.69, 9.17) is 4.74 Å². The Labute approximate surface area is 208 Å². The van der Waals surface area contributed by atoms with E-state index in [1.807, 2.05) is 0 Å². The lowest BCUT2D eigenvalue weighted by molar-refractivity contribution is -0.142. The summed E-state index contributed by atoms with van der Waals surface area (Å²) >= 11 is 0. The summed E-state index contributed by atoms with van der Waals surface area (Å²) in [7, 11) is 0. The first kappa shape index (κ1) is 25.3. The van der Waals surface area contributed by atoms with Crippen LogP contribution in [-0.4, -0.2) is 65.9 Å². The molecular formula is C26H30FN5O4. The molecule has 190 valence electrons. The van der Waals surface area contributed by atoms with E-state index >= 15 is 0 Å². The Kier molecular flexibility index (Phi) is 8.27. The maximum Gasteiger partial charge on any atom is 0.311 e. The quantitative estimate of drug-likeness (QED) is 0.453. The summed E-state index contributed by atoms with van der Waals surface area (Å²) in [4.78, 5) is 41.8. The van der Waals surface area contributed by atoms with Crippen LogP contribution in [0.1, 0.15) is 19.0 Å². The molecule has 10 heteroatoms. The molecule has 0 aliphatic carbocycles. The van der Waals surface area contributed by atoms with Crippen LogP contribution in [0.4, 0.5) is 10.1 Å². The highest BCUT2D eigenvalue weighted by Crippen LogP contribution is 2.17. The van der Waals surface area contributed by atoms with Gasteiger partial charge in [-0.05, 0) is 37.3 Å². The molecule has 2 heterocycles. The molecule has 3 aromatic rings. The Morgan fingerprint density at radius 2 is 1.72 bits per heavy atom. The molecule has 4 rings (SSSR count). The molecule has 1 N–H and O–H groups in total. The number of esters is 1. The molecule has 2 aromatic carbocycles. The molecule has 1 fully saturated rings. The van der Waals surface area contributed by atoms with Gasteiger partial charge in [-0.3, -0.25) is 19.3 Å². The van der Waals surface area contributed by atoms with Crippen LogP contribution in [0, 0.1) is 5.82 Å². The number of hydrogen-bond donors (Lipinski definition) is 1. The van der Waals surface area contributed by atoms with E-state index < -0.39 is 5.97 Å². The number of hydrogen-bond acceptors (Lipinski definition) is 7. The lowest BCUT2D eigenvalue weighted by Gasteiger charge is -2.36. The van der Waals surface area contributed by atoms with Crippen LogP contribution < -0.4 is 15.8 Å². The van der Waals surface area contributed by atoms with Crippen molar-refractivity contribution in [2.24, 2.45) is 0 Å². The summed E-state index contributed by atoms with van der Waals surface area (Å²) in [6.07, 6.45) is 0.223. The van der Waals surface area contributed by atoms with Crippen LogP contribution in [0.25, 0.3) is 10.8 Å². The van der Waals surface area contributed by atoms with Crippen molar-refractivity contribution in [1.82, 2.24) is 20.0 Å². The largest absolute Gasteiger partial charge is 0.466 e. The second kappa shape index (κ2) is 11.8. The van der Waals surface area contributed by atoms with Crippen LogP contribution in [0.15, 0.2) is 53.3 Å². The van der Waals surface area contributed by atoms with Crippen molar-refractivity contribution in [3.63, 3.8) is 0 Å². The molecule has 1 aliphatic rings. The van der Waals surface area contributed by atoms with E-state index in [-0.39, 0.29) is 43.4 Å². The Morgan fingerprint density at radius 3 is 2.42 bits per heavy atom.